The van der Waals surface area contributed by atoms with Gasteiger partial charge in [-0.05, 0) is 0 Å². The molecule has 0 saturated heterocycles. The van der Waals surface area contributed by atoms with Crippen molar-refractivity contribution >= 4 is 17.6 Å². The SMILES string of the molecule is Nc1cnc(Nc2nc(O)cc(=O)[nH]2)[nH]c1=O. The zero-order valence-electron chi connectivity index (χ0n) is 8.39. The molecule has 88 valence electrons. The van der Waals surface area contributed by atoms with E-state index in [1.165, 1.54) is 0 Å². The number of nitrogens with two attached hydrogens (primary N) is 1. The van der Waals surface area contributed by atoms with E-state index >= 15 is 0 Å². The Bertz CT molecular complexity index is 661. The number of anilines is 3. The molecule has 2 rings (SSSR count). The van der Waals surface area contributed by atoms with Crippen LogP contribution in [0.15, 0.2) is 21.9 Å². The second-order valence-electron chi connectivity index (χ2n) is 3.09. The van der Waals surface area contributed by atoms with Gasteiger partial charge in [0, 0.05) is 0 Å². The first-order valence-electron chi connectivity index (χ1n) is 4.47. The lowest BCUT2D eigenvalue weighted by atomic mass is 10.5. The summed E-state index contributed by atoms with van der Waals surface area (Å²) in [5.41, 5.74) is 4.18. The van der Waals surface area contributed by atoms with Crippen LogP contribution in [0.1, 0.15) is 0 Å². The fourth-order valence-corrected chi connectivity index (χ4v) is 1.08. The van der Waals surface area contributed by atoms with E-state index in [2.05, 4.69) is 25.3 Å². The molecular formula is C8H8N6O3. The lowest BCUT2D eigenvalue weighted by molar-refractivity contribution is 0.452. The molecule has 0 aliphatic rings. The fraction of sp³-hybridized carbons (Fsp3) is 0. The van der Waals surface area contributed by atoms with Gasteiger partial charge in [0.1, 0.15) is 5.69 Å². The largest absolute Gasteiger partial charge is 0.493 e. The molecule has 0 saturated carbocycles. The van der Waals surface area contributed by atoms with Gasteiger partial charge < -0.3 is 10.8 Å². The number of hydrogen-bond acceptors (Lipinski definition) is 7. The summed E-state index contributed by atoms with van der Waals surface area (Å²) in [6.07, 6.45) is 1.15. The van der Waals surface area contributed by atoms with Crippen LogP contribution in [0.3, 0.4) is 0 Å². The molecule has 2 aromatic heterocycles. The number of nitrogen functional groups attached to an aromatic ring is 1. The highest BCUT2D eigenvalue weighted by Crippen LogP contribution is 2.06. The molecule has 17 heavy (non-hydrogen) atoms. The van der Waals surface area contributed by atoms with E-state index in [1.54, 1.807) is 0 Å². The lowest BCUT2D eigenvalue weighted by Crippen LogP contribution is -2.16. The quantitative estimate of drug-likeness (QED) is 0.443. The van der Waals surface area contributed by atoms with Crippen LogP contribution in [-0.4, -0.2) is 25.0 Å². The predicted octanol–water partition coefficient (Wildman–Crippen LogP) is -1.12. The van der Waals surface area contributed by atoms with Gasteiger partial charge in [-0.15, -0.1) is 0 Å². The van der Waals surface area contributed by atoms with Gasteiger partial charge in [-0.1, -0.05) is 0 Å². The van der Waals surface area contributed by atoms with Crippen molar-refractivity contribution in [1.82, 2.24) is 19.9 Å². The van der Waals surface area contributed by atoms with Crippen molar-refractivity contribution in [1.29, 1.82) is 0 Å². The number of rotatable bonds is 2. The summed E-state index contributed by atoms with van der Waals surface area (Å²) in [5.74, 6) is -0.463. The first kappa shape index (κ1) is 10.7. The molecule has 0 radical (unpaired) electrons. The van der Waals surface area contributed by atoms with Crippen molar-refractivity contribution in [2.75, 3.05) is 11.1 Å². The third-order valence-corrected chi connectivity index (χ3v) is 1.79. The molecule has 0 amide bonds. The van der Waals surface area contributed by atoms with Crippen LogP contribution in [0.5, 0.6) is 5.88 Å². The minimum Gasteiger partial charge on any atom is -0.493 e. The van der Waals surface area contributed by atoms with E-state index in [0.29, 0.717) is 0 Å². The molecular weight excluding hydrogens is 228 g/mol. The third-order valence-electron chi connectivity index (χ3n) is 1.79. The summed E-state index contributed by atoms with van der Waals surface area (Å²) in [7, 11) is 0. The van der Waals surface area contributed by atoms with Crippen molar-refractivity contribution in [3.05, 3.63) is 33.0 Å². The van der Waals surface area contributed by atoms with Crippen LogP contribution in [0, 0.1) is 0 Å². The predicted molar refractivity (Wildman–Crippen MR) is 59.1 cm³/mol. The smallest absolute Gasteiger partial charge is 0.275 e. The summed E-state index contributed by atoms with van der Waals surface area (Å²) >= 11 is 0. The highest BCUT2D eigenvalue weighted by atomic mass is 16.3. The molecule has 9 heteroatoms. The second-order valence-corrected chi connectivity index (χ2v) is 3.09. The monoisotopic (exact) mass is 236 g/mol. The van der Waals surface area contributed by atoms with Crippen molar-refractivity contribution in [3.63, 3.8) is 0 Å². The Balaban J connectivity index is 2.34. The Kier molecular flexibility index (Phi) is 2.49. The normalized spacial score (nSPS) is 10.1. The van der Waals surface area contributed by atoms with Gasteiger partial charge >= 0.3 is 0 Å². The van der Waals surface area contributed by atoms with Crippen LogP contribution in [-0.2, 0) is 0 Å². The molecule has 0 aromatic carbocycles. The Labute approximate surface area is 93.4 Å². The van der Waals surface area contributed by atoms with Crippen LogP contribution >= 0.6 is 0 Å². The number of aromatic amines is 2. The van der Waals surface area contributed by atoms with E-state index in [9.17, 15) is 9.59 Å². The fourth-order valence-electron chi connectivity index (χ4n) is 1.08. The van der Waals surface area contributed by atoms with E-state index in [-0.39, 0.29) is 17.6 Å². The number of hydrogen-bond donors (Lipinski definition) is 5. The Morgan fingerprint density at radius 1 is 1.29 bits per heavy atom. The topological polar surface area (TPSA) is 150 Å². The zero-order chi connectivity index (χ0) is 12.4. The van der Waals surface area contributed by atoms with Gasteiger partial charge in [0.25, 0.3) is 11.1 Å². The van der Waals surface area contributed by atoms with E-state index in [0.717, 1.165) is 12.3 Å². The minimum atomic E-state index is -0.544. The van der Waals surface area contributed by atoms with Crippen LogP contribution < -0.4 is 22.2 Å². The minimum absolute atomic E-state index is 0.0343. The summed E-state index contributed by atoms with van der Waals surface area (Å²) in [4.78, 5) is 34.1. The van der Waals surface area contributed by atoms with Crippen molar-refractivity contribution in [2.24, 2.45) is 0 Å². The van der Waals surface area contributed by atoms with Crippen LogP contribution in [0.4, 0.5) is 17.6 Å². The molecule has 9 nitrogen and oxygen atoms in total. The molecule has 6 N–H and O–H groups in total. The van der Waals surface area contributed by atoms with Crippen molar-refractivity contribution in [3.8, 4) is 5.88 Å². The van der Waals surface area contributed by atoms with E-state index in [4.69, 9.17) is 10.8 Å². The average molecular weight is 236 g/mol. The first-order chi connectivity index (χ1) is 8.04. The molecule has 0 atom stereocenters. The summed E-state index contributed by atoms with van der Waals surface area (Å²) in [6, 6.07) is 0.907. The maximum atomic E-state index is 11.2. The number of H-pyrrole nitrogens is 2. The zero-order valence-corrected chi connectivity index (χ0v) is 8.39. The van der Waals surface area contributed by atoms with Gasteiger partial charge in [0.2, 0.25) is 17.8 Å². The maximum absolute atomic E-state index is 11.2. The Morgan fingerprint density at radius 2 is 2.06 bits per heavy atom. The molecule has 0 fully saturated rings. The molecule has 0 unspecified atom stereocenters. The second kappa shape index (κ2) is 3.96. The summed E-state index contributed by atoms with van der Waals surface area (Å²) in [5, 5.41) is 11.6. The molecule has 0 aliphatic heterocycles. The average Bonchev–Trinajstić information content (AvgIpc) is 2.22. The highest BCUT2D eigenvalue weighted by molar-refractivity contribution is 5.44. The number of aromatic hydroxyl groups is 1. The van der Waals surface area contributed by atoms with Crippen LogP contribution in [0.25, 0.3) is 0 Å². The van der Waals surface area contributed by atoms with Crippen LogP contribution in [0.2, 0.25) is 0 Å². The maximum Gasteiger partial charge on any atom is 0.275 e. The van der Waals surface area contributed by atoms with Gasteiger partial charge in [-0.25, -0.2) is 4.98 Å². The summed E-state index contributed by atoms with van der Waals surface area (Å²) in [6.45, 7) is 0. The Morgan fingerprint density at radius 3 is 2.71 bits per heavy atom. The van der Waals surface area contributed by atoms with E-state index in [1.807, 2.05) is 0 Å². The molecule has 0 spiro atoms. The summed E-state index contributed by atoms with van der Waals surface area (Å²) < 4.78 is 0. The van der Waals surface area contributed by atoms with Gasteiger partial charge in [-0.2, -0.15) is 4.98 Å². The molecule has 2 aromatic rings. The Hall–Kier alpha value is -2.84. The molecule has 2 heterocycles. The van der Waals surface area contributed by atoms with Gasteiger partial charge in [0.15, 0.2) is 0 Å². The van der Waals surface area contributed by atoms with Crippen molar-refractivity contribution < 1.29 is 5.11 Å². The number of nitrogens with zero attached hydrogens (tertiary/aromatic N) is 2. The first-order valence-corrected chi connectivity index (χ1v) is 4.47. The van der Waals surface area contributed by atoms with Gasteiger partial charge in [0.05, 0.1) is 12.3 Å². The number of aromatic nitrogens is 4. The van der Waals surface area contributed by atoms with Gasteiger partial charge in [-0.3, -0.25) is 24.9 Å². The highest BCUT2D eigenvalue weighted by Gasteiger charge is 2.03. The number of nitrogens with one attached hydrogen (secondary N) is 3. The van der Waals surface area contributed by atoms with Crippen molar-refractivity contribution in [2.45, 2.75) is 0 Å². The van der Waals surface area contributed by atoms with E-state index < -0.39 is 17.0 Å². The molecule has 0 bridgehead atoms. The molecule has 0 aliphatic carbocycles. The standard InChI is InChI=1S/C8H8N6O3/c9-3-2-10-7(13-6(3)17)14-8-11-4(15)1-5(16)12-8/h1-2H,9H2,(H4,10,11,12,13,14,15,16,17). The third kappa shape index (κ3) is 2.40. The lowest BCUT2D eigenvalue weighted by Gasteiger charge is -2.03.